The number of carbonyl (C=O) groups excluding carboxylic acids is 2. The Bertz CT molecular complexity index is 757. The van der Waals surface area contributed by atoms with Gasteiger partial charge in [-0.15, -0.1) is 0 Å². The number of carbonyl (C=O) groups is 2. The predicted molar refractivity (Wildman–Crippen MR) is 114 cm³/mol. The van der Waals surface area contributed by atoms with Gasteiger partial charge >= 0.3 is 5.97 Å². The van der Waals surface area contributed by atoms with Crippen molar-refractivity contribution in [3.8, 4) is 0 Å². The van der Waals surface area contributed by atoms with E-state index in [0.29, 0.717) is 12.5 Å². The molecular formula is C24H37NO8. The van der Waals surface area contributed by atoms with Gasteiger partial charge in [0.15, 0.2) is 11.9 Å². The minimum atomic E-state index is -0.867. The molecule has 2 bridgehead atoms. The molecule has 0 radical (unpaired) electrons. The average molecular weight is 468 g/mol. The van der Waals surface area contributed by atoms with Crippen LogP contribution in [0.3, 0.4) is 0 Å². The van der Waals surface area contributed by atoms with Gasteiger partial charge in [0.05, 0.1) is 12.5 Å². The van der Waals surface area contributed by atoms with Crippen LogP contribution in [0.1, 0.15) is 72.1 Å². The standard InChI is InChI=1S/C24H37NO8/c1-14-6-7-18-15(2)21(29-20(27)9-8-19(26)25-13-16-5-4-12-28-16)30-22-24(18)17(14)10-11-23(3,31-22)32-33-24/h14-18,21-22H,4-13H2,1-3H3,(H,25,26)/t14-,15-,16-,17+,18+,21-,22-,23+,24-/m1/s1. The van der Waals surface area contributed by atoms with Crippen LogP contribution in [-0.4, -0.2) is 55.1 Å². The third-order valence-electron chi connectivity index (χ3n) is 8.45. The maximum absolute atomic E-state index is 12.6. The van der Waals surface area contributed by atoms with Crippen molar-refractivity contribution in [2.45, 2.75) is 102 Å². The van der Waals surface area contributed by atoms with E-state index in [9.17, 15) is 9.59 Å². The first-order chi connectivity index (χ1) is 15.8. The molecule has 1 aliphatic carbocycles. The van der Waals surface area contributed by atoms with E-state index >= 15 is 0 Å². The minimum Gasteiger partial charge on any atom is -0.435 e. The molecule has 5 saturated heterocycles. The number of esters is 1. The quantitative estimate of drug-likeness (QED) is 0.470. The number of fused-ring (bicyclic) bond motifs is 2. The summed E-state index contributed by atoms with van der Waals surface area (Å²) in [5.41, 5.74) is -0.682. The molecule has 6 aliphatic rings. The van der Waals surface area contributed by atoms with Crippen molar-refractivity contribution in [1.82, 2.24) is 5.32 Å². The van der Waals surface area contributed by atoms with Crippen LogP contribution in [0.15, 0.2) is 0 Å². The first-order valence-corrected chi connectivity index (χ1v) is 12.6. The van der Waals surface area contributed by atoms with Crippen LogP contribution in [0.2, 0.25) is 0 Å². The molecule has 5 heterocycles. The maximum atomic E-state index is 12.6. The van der Waals surface area contributed by atoms with Crippen molar-refractivity contribution in [3.05, 3.63) is 0 Å². The lowest BCUT2D eigenvalue weighted by molar-refractivity contribution is -0.576. The third kappa shape index (κ3) is 4.31. The van der Waals surface area contributed by atoms with Crippen LogP contribution in [0.25, 0.3) is 0 Å². The fourth-order valence-electron chi connectivity index (χ4n) is 6.53. The van der Waals surface area contributed by atoms with Crippen molar-refractivity contribution in [3.63, 3.8) is 0 Å². The number of hydrogen-bond acceptors (Lipinski definition) is 8. The van der Waals surface area contributed by atoms with Crippen LogP contribution >= 0.6 is 0 Å². The van der Waals surface area contributed by atoms with E-state index in [1.807, 2.05) is 13.8 Å². The zero-order valence-corrected chi connectivity index (χ0v) is 19.9. The molecule has 1 N–H and O–H groups in total. The molecule has 33 heavy (non-hydrogen) atoms. The third-order valence-corrected chi connectivity index (χ3v) is 8.45. The van der Waals surface area contributed by atoms with E-state index in [-0.39, 0.29) is 42.6 Å². The van der Waals surface area contributed by atoms with Crippen molar-refractivity contribution in [2.75, 3.05) is 13.2 Å². The fourth-order valence-corrected chi connectivity index (χ4v) is 6.53. The number of rotatable bonds is 6. The van der Waals surface area contributed by atoms with Crippen LogP contribution in [0.4, 0.5) is 0 Å². The molecule has 1 amide bonds. The van der Waals surface area contributed by atoms with Crippen molar-refractivity contribution in [2.24, 2.45) is 23.7 Å². The second-order valence-electron chi connectivity index (χ2n) is 10.7. The monoisotopic (exact) mass is 467 g/mol. The average Bonchev–Trinajstić information content (AvgIpc) is 3.21. The first-order valence-electron chi connectivity index (χ1n) is 12.6. The second-order valence-corrected chi connectivity index (χ2v) is 10.7. The summed E-state index contributed by atoms with van der Waals surface area (Å²) in [6, 6.07) is 0. The summed E-state index contributed by atoms with van der Waals surface area (Å²) >= 11 is 0. The number of hydrogen-bond donors (Lipinski definition) is 1. The van der Waals surface area contributed by atoms with Crippen LogP contribution in [0, 0.1) is 23.7 Å². The predicted octanol–water partition coefficient (Wildman–Crippen LogP) is 2.81. The van der Waals surface area contributed by atoms with E-state index in [0.717, 1.165) is 45.1 Å². The van der Waals surface area contributed by atoms with Gasteiger partial charge in [-0.25, -0.2) is 9.78 Å². The van der Waals surface area contributed by atoms with E-state index in [4.69, 9.17) is 28.7 Å². The molecule has 0 aromatic rings. The van der Waals surface area contributed by atoms with Crippen molar-refractivity contribution < 1.29 is 38.3 Å². The highest BCUT2D eigenvalue weighted by molar-refractivity contribution is 5.81. The Morgan fingerprint density at radius 3 is 2.70 bits per heavy atom. The second kappa shape index (κ2) is 9.07. The summed E-state index contributed by atoms with van der Waals surface area (Å²) in [6.07, 6.45) is 4.44. The topological polar surface area (TPSA) is 102 Å². The van der Waals surface area contributed by atoms with Gasteiger partial charge < -0.3 is 24.3 Å². The largest absolute Gasteiger partial charge is 0.435 e. The number of amides is 1. The molecule has 1 saturated carbocycles. The summed E-state index contributed by atoms with van der Waals surface area (Å²) in [4.78, 5) is 36.6. The van der Waals surface area contributed by atoms with Gasteiger partial charge in [0.2, 0.25) is 18.0 Å². The van der Waals surface area contributed by atoms with Gasteiger partial charge in [-0.1, -0.05) is 13.8 Å². The molecule has 9 atom stereocenters. The van der Waals surface area contributed by atoms with Gasteiger partial charge in [0, 0.05) is 37.8 Å². The number of nitrogens with one attached hydrogen (secondary N) is 1. The summed E-state index contributed by atoms with van der Waals surface area (Å²) in [5, 5.41) is 2.84. The lowest BCUT2D eigenvalue weighted by atomic mass is 9.58. The normalized spacial score (nSPS) is 46.3. The molecule has 6 fully saturated rings. The molecule has 0 unspecified atom stereocenters. The first kappa shape index (κ1) is 23.5. The highest BCUT2D eigenvalue weighted by Crippen LogP contribution is 2.60. The molecule has 0 aromatic heterocycles. The fraction of sp³-hybridized carbons (Fsp3) is 0.917. The van der Waals surface area contributed by atoms with E-state index in [2.05, 4.69) is 12.2 Å². The SMILES string of the molecule is C[C@H]1[C@H](OC(=O)CCC(=O)NC[C@H]2CCCO2)O[C@@H]2O[C@]3(C)CC[C@H]4[C@H](C)CC[C@@H]1[C@@]24OO3. The lowest BCUT2D eigenvalue weighted by Gasteiger charge is -2.59. The van der Waals surface area contributed by atoms with Gasteiger partial charge in [0.1, 0.15) is 0 Å². The van der Waals surface area contributed by atoms with Gasteiger partial charge in [-0.2, -0.15) is 0 Å². The minimum absolute atomic E-state index is 0.00224. The van der Waals surface area contributed by atoms with Gasteiger partial charge in [-0.05, 0) is 50.9 Å². The molecule has 6 rings (SSSR count). The Kier molecular flexibility index (Phi) is 6.46. The van der Waals surface area contributed by atoms with E-state index in [1.165, 1.54) is 0 Å². The zero-order chi connectivity index (χ0) is 23.2. The van der Waals surface area contributed by atoms with E-state index in [1.54, 1.807) is 0 Å². The number of ether oxygens (including phenoxy) is 4. The van der Waals surface area contributed by atoms with Crippen LogP contribution in [0.5, 0.6) is 0 Å². The summed E-state index contributed by atoms with van der Waals surface area (Å²) in [5.74, 6) is -0.746. The smallest absolute Gasteiger partial charge is 0.308 e. The Morgan fingerprint density at radius 1 is 1.06 bits per heavy atom. The zero-order valence-electron chi connectivity index (χ0n) is 19.9. The van der Waals surface area contributed by atoms with Gasteiger partial charge in [0.25, 0.3) is 0 Å². The Hall–Kier alpha value is -1.26. The Balaban J connectivity index is 1.20. The molecule has 0 aromatic carbocycles. The lowest BCUT2D eigenvalue weighted by Crippen LogP contribution is -2.70. The summed E-state index contributed by atoms with van der Waals surface area (Å²) in [7, 11) is 0. The van der Waals surface area contributed by atoms with Crippen LogP contribution in [-0.2, 0) is 38.3 Å². The highest BCUT2D eigenvalue weighted by Gasteiger charge is 2.69. The molecule has 9 heteroatoms. The molecule has 186 valence electrons. The van der Waals surface area contributed by atoms with Crippen molar-refractivity contribution >= 4 is 11.9 Å². The molecular weight excluding hydrogens is 430 g/mol. The highest BCUT2D eigenvalue weighted by atomic mass is 17.3. The summed E-state index contributed by atoms with van der Waals surface area (Å²) < 4.78 is 23.8. The molecule has 1 spiro atoms. The molecule has 5 aliphatic heterocycles. The van der Waals surface area contributed by atoms with Crippen LogP contribution < -0.4 is 5.32 Å². The Morgan fingerprint density at radius 2 is 1.91 bits per heavy atom. The van der Waals surface area contributed by atoms with Crippen molar-refractivity contribution in [1.29, 1.82) is 0 Å². The van der Waals surface area contributed by atoms with E-state index < -0.39 is 29.9 Å². The van der Waals surface area contributed by atoms with Gasteiger partial charge in [-0.3, -0.25) is 9.59 Å². The maximum Gasteiger partial charge on any atom is 0.308 e. The Labute approximate surface area is 195 Å². The summed E-state index contributed by atoms with van der Waals surface area (Å²) in [6.45, 7) is 7.40. The molecule has 9 nitrogen and oxygen atoms in total.